The first-order valence-corrected chi connectivity index (χ1v) is 6.24. The molecule has 0 bridgehead atoms. The number of H-pyrrole nitrogens is 1. The molecule has 2 N–H and O–H groups in total. The number of hydrogen-bond acceptors (Lipinski definition) is 6. The zero-order chi connectivity index (χ0) is 15.0. The number of benzene rings is 1. The van der Waals surface area contributed by atoms with Crippen molar-refractivity contribution in [3.8, 4) is 0 Å². The highest BCUT2D eigenvalue weighted by Crippen LogP contribution is 2.32. The smallest absolute Gasteiger partial charge is 0.293 e. The number of fused-ring (bicyclic) bond motifs is 1. The SMILES string of the molecule is Cc1ccc([N+](=O)[O-])c(Nc2ncc3[nH]cnc3n2)c1C. The van der Waals surface area contributed by atoms with Gasteiger partial charge in [0.2, 0.25) is 5.95 Å². The lowest BCUT2D eigenvalue weighted by Crippen LogP contribution is -2.03. The Bertz CT molecular complexity index is 842. The molecular weight excluding hydrogens is 272 g/mol. The summed E-state index contributed by atoms with van der Waals surface area (Å²) >= 11 is 0. The largest absolute Gasteiger partial charge is 0.342 e. The standard InChI is InChI=1S/C13H12N6O2/c1-7-3-4-10(19(20)21)11(8(7)2)17-13-14-5-9-12(18-13)16-6-15-9/h3-6H,1-2H3,(H2,14,15,16,17,18). The molecule has 8 nitrogen and oxygen atoms in total. The summed E-state index contributed by atoms with van der Waals surface area (Å²) < 4.78 is 0. The molecule has 0 aliphatic rings. The van der Waals surface area contributed by atoms with Gasteiger partial charge >= 0.3 is 0 Å². The van der Waals surface area contributed by atoms with E-state index < -0.39 is 4.92 Å². The van der Waals surface area contributed by atoms with Crippen molar-refractivity contribution in [1.29, 1.82) is 0 Å². The summed E-state index contributed by atoms with van der Waals surface area (Å²) in [4.78, 5) is 26.0. The molecule has 0 spiro atoms. The Balaban J connectivity index is 2.07. The number of aryl methyl sites for hydroxylation is 1. The van der Waals surface area contributed by atoms with Gasteiger partial charge in [0.05, 0.1) is 17.4 Å². The van der Waals surface area contributed by atoms with Gasteiger partial charge in [0.1, 0.15) is 11.2 Å². The highest BCUT2D eigenvalue weighted by Gasteiger charge is 2.18. The number of rotatable bonds is 3. The predicted molar refractivity (Wildman–Crippen MR) is 77.5 cm³/mol. The summed E-state index contributed by atoms with van der Waals surface area (Å²) in [7, 11) is 0. The number of aromatic nitrogens is 4. The van der Waals surface area contributed by atoms with Gasteiger partial charge in [-0.05, 0) is 25.0 Å². The average Bonchev–Trinajstić information content (AvgIpc) is 2.91. The van der Waals surface area contributed by atoms with E-state index in [1.807, 2.05) is 13.8 Å². The molecule has 0 saturated heterocycles. The van der Waals surface area contributed by atoms with Crippen LogP contribution in [0.5, 0.6) is 0 Å². The molecule has 0 radical (unpaired) electrons. The van der Waals surface area contributed by atoms with Crippen LogP contribution in [0, 0.1) is 24.0 Å². The van der Waals surface area contributed by atoms with Crippen molar-refractivity contribution >= 4 is 28.5 Å². The van der Waals surface area contributed by atoms with E-state index in [1.165, 1.54) is 12.4 Å². The lowest BCUT2D eigenvalue weighted by Gasteiger charge is -2.10. The van der Waals surface area contributed by atoms with Crippen molar-refractivity contribution < 1.29 is 4.92 Å². The van der Waals surface area contributed by atoms with E-state index in [-0.39, 0.29) is 11.6 Å². The first-order chi connectivity index (χ1) is 10.1. The minimum Gasteiger partial charge on any atom is -0.342 e. The zero-order valence-corrected chi connectivity index (χ0v) is 11.4. The minimum absolute atomic E-state index is 0.0103. The van der Waals surface area contributed by atoms with Crippen LogP contribution in [0.1, 0.15) is 11.1 Å². The van der Waals surface area contributed by atoms with Gasteiger partial charge in [-0.15, -0.1) is 0 Å². The van der Waals surface area contributed by atoms with Gasteiger partial charge in [-0.25, -0.2) is 9.97 Å². The lowest BCUT2D eigenvalue weighted by molar-refractivity contribution is -0.384. The van der Waals surface area contributed by atoms with Crippen LogP contribution < -0.4 is 5.32 Å². The van der Waals surface area contributed by atoms with Crippen molar-refractivity contribution in [2.24, 2.45) is 0 Å². The molecule has 0 unspecified atom stereocenters. The van der Waals surface area contributed by atoms with Gasteiger partial charge in [0.15, 0.2) is 5.65 Å². The second-order valence-electron chi connectivity index (χ2n) is 4.62. The van der Waals surface area contributed by atoms with E-state index in [9.17, 15) is 10.1 Å². The summed E-state index contributed by atoms with van der Waals surface area (Å²) in [5.41, 5.74) is 3.33. The second kappa shape index (κ2) is 4.82. The van der Waals surface area contributed by atoms with E-state index in [4.69, 9.17) is 0 Å². The first-order valence-electron chi connectivity index (χ1n) is 6.24. The number of nitro benzene ring substituents is 1. The number of hydrogen-bond donors (Lipinski definition) is 2. The molecule has 0 fully saturated rings. The Labute approximate surface area is 119 Å². The second-order valence-corrected chi connectivity index (χ2v) is 4.62. The molecule has 3 rings (SSSR count). The third-order valence-electron chi connectivity index (χ3n) is 3.32. The highest BCUT2D eigenvalue weighted by molar-refractivity contribution is 5.75. The van der Waals surface area contributed by atoms with Crippen LogP contribution in [-0.4, -0.2) is 24.9 Å². The Morgan fingerprint density at radius 2 is 2.10 bits per heavy atom. The normalized spacial score (nSPS) is 10.8. The number of aromatic amines is 1. The van der Waals surface area contributed by atoms with Crippen LogP contribution in [0.2, 0.25) is 0 Å². The van der Waals surface area contributed by atoms with Gasteiger partial charge < -0.3 is 10.3 Å². The molecule has 106 valence electrons. The zero-order valence-electron chi connectivity index (χ0n) is 11.4. The maximum Gasteiger partial charge on any atom is 0.293 e. The van der Waals surface area contributed by atoms with E-state index >= 15 is 0 Å². The maximum absolute atomic E-state index is 11.2. The van der Waals surface area contributed by atoms with Crippen LogP contribution in [0.15, 0.2) is 24.7 Å². The number of nitrogens with one attached hydrogen (secondary N) is 2. The number of imidazole rings is 1. The molecule has 3 aromatic rings. The Kier molecular flexibility index (Phi) is 2.98. The van der Waals surface area contributed by atoms with Gasteiger partial charge in [-0.3, -0.25) is 10.1 Å². The summed E-state index contributed by atoms with van der Waals surface area (Å²) in [6, 6.07) is 3.19. The van der Waals surface area contributed by atoms with Crippen molar-refractivity contribution in [2.75, 3.05) is 5.32 Å². The fourth-order valence-electron chi connectivity index (χ4n) is 2.02. The fourth-order valence-corrected chi connectivity index (χ4v) is 2.02. The van der Waals surface area contributed by atoms with Crippen LogP contribution in [0.4, 0.5) is 17.3 Å². The molecule has 0 amide bonds. The van der Waals surface area contributed by atoms with E-state index in [0.717, 1.165) is 11.1 Å². The Morgan fingerprint density at radius 3 is 2.86 bits per heavy atom. The monoisotopic (exact) mass is 284 g/mol. The van der Waals surface area contributed by atoms with Crippen LogP contribution in [0.25, 0.3) is 11.2 Å². The molecule has 8 heteroatoms. The predicted octanol–water partition coefficient (Wildman–Crippen LogP) is 2.62. The van der Waals surface area contributed by atoms with Crippen LogP contribution in [0.3, 0.4) is 0 Å². The maximum atomic E-state index is 11.2. The van der Waals surface area contributed by atoms with Gasteiger partial charge in [0, 0.05) is 6.07 Å². The molecular formula is C13H12N6O2. The van der Waals surface area contributed by atoms with Crippen molar-refractivity contribution in [1.82, 2.24) is 19.9 Å². The third kappa shape index (κ3) is 2.27. The lowest BCUT2D eigenvalue weighted by atomic mass is 10.1. The number of nitro groups is 1. The summed E-state index contributed by atoms with van der Waals surface area (Å²) in [5.74, 6) is 0.270. The minimum atomic E-state index is -0.429. The van der Waals surface area contributed by atoms with Gasteiger partial charge in [-0.1, -0.05) is 6.07 Å². The molecule has 0 aliphatic heterocycles. The summed E-state index contributed by atoms with van der Waals surface area (Å²) in [6.45, 7) is 3.71. The van der Waals surface area contributed by atoms with Crippen LogP contribution >= 0.6 is 0 Å². The van der Waals surface area contributed by atoms with E-state index in [2.05, 4.69) is 25.3 Å². The first kappa shape index (κ1) is 13.0. The molecule has 0 atom stereocenters. The molecule has 1 aromatic carbocycles. The van der Waals surface area contributed by atoms with Crippen LogP contribution in [-0.2, 0) is 0 Å². The van der Waals surface area contributed by atoms with Gasteiger partial charge in [0.25, 0.3) is 5.69 Å². The summed E-state index contributed by atoms with van der Waals surface area (Å²) in [5, 5.41) is 14.1. The fraction of sp³-hybridized carbons (Fsp3) is 0.154. The Hall–Kier alpha value is -3.03. The van der Waals surface area contributed by atoms with E-state index in [0.29, 0.717) is 16.9 Å². The third-order valence-corrected chi connectivity index (χ3v) is 3.32. The van der Waals surface area contributed by atoms with E-state index in [1.54, 1.807) is 12.3 Å². The molecule has 0 saturated carbocycles. The number of nitrogens with zero attached hydrogens (tertiary/aromatic N) is 4. The Morgan fingerprint density at radius 1 is 1.29 bits per heavy atom. The molecule has 21 heavy (non-hydrogen) atoms. The quantitative estimate of drug-likeness (QED) is 0.565. The molecule has 2 heterocycles. The average molecular weight is 284 g/mol. The van der Waals surface area contributed by atoms with Crippen molar-refractivity contribution in [3.63, 3.8) is 0 Å². The highest BCUT2D eigenvalue weighted by atomic mass is 16.6. The molecule has 2 aromatic heterocycles. The summed E-state index contributed by atoms with van der Waals surface area (Å²) in [6.07, 6.45) is 3.10. The molecule has 0 aliphatic carbocycles. The van der Waals surface area contributed by atoms with Crippen molar-refractivity contribution in [2.45, 2.75) is 13.8 Å². The number of anilines is 2. The van der Waals surface area contributed by atoms with Crippen molar-refractivity contribution in [3.05, 3.63) is 45.9 Å². The van der Waals surface area contributed by atoms with Gasteiger partial charge in [-0.2, -0.15) is 4.98 Å². The topological polar surface area (TPSA) is 110 Å².